The molecule has 36 heavy (non-hydrogen) atoms. The quantitative estimate of drug-likeness (QED) is 0.420. The molecule has 0 amide bonds. The van der Waals surface area contributed by atoms with E-state index >= 15 is 0 Å². The number of halogens is 1. The highest BCUT2D eigenvalue weighted by molar-refractivity contribution is 5.93. The molecule has 0 unspecified atom stereocenters. The molecule has 2 atom stereocenters. The van der Waals surface area contributed by atoms with Crippen molar-refractivity contribution in [1.29, 1.82) is 0 Å². The highest BCUT2D eigenvalue weighted by Gasteiger charge is 2.47. The van der Waals surface area contributed by atoms with E-state index in [1.54, 1.807) is 31.6 Å². The molecular weight excluding hydrogens is 467 g/mol. The molecule has 0 saturated carbocycles. The lowest BCUT2D eigenvalue weighted by Crippen LogP contribution is -2.44. The van der Waals surface area contributed by atoms with E-state index in [1.165, 1.54) is 6.07 Å². The van der Waals surface area contributed by atoms with Gasteiger partial charge in [0.1, 0.15) is 12.4 Å². The maximum absolute atomic E-state index is 15.0. The van der Waals surface area contributed by atoms with Crippen LogP contribution >= 0.6 is 0 Å². The van der Waals surface area contributed by atoms with Gasteiger partial charge in [0.2, 0.25) is 0 Å². The van der Waals surface area contributed by atoms with Crippen molar-refractivity contribution in [1.82, 2.24) is 9.55 Å². The lowest BCUT2D eigenvalue weighted by molar-refractivity contribution is -0.172. The third-order valence-electron chi connectivity index (χ3n) is 8.44. The number of ether oxygens (including phenoxy) is 2. The molecule has 1 aromatic carbocycles. The third kappa shape index (κ3) is 2.76. The number of aliphatic hydroxyl groups excluding tert-OH is 1. The average molecular weight is 495 g/mol. The highest BCUT2D eigenvalue weighted by atomic mass is 19.1. The average Bonchev–Trinajstić information content (AvgIpc) is 3.24. The largest absolute Gasteiger partial charge is 0.458 e. The smallest absolute Gasteiger partial charge is 0.343 e. The number of benzene rings is 1. The molecule has 0 bridgehead atoms. The number of cyclic esters (lactones) is 1. The topological polar surface area (TPSA) is 111 Å². The second kappa shape index (κ2) is 7.68. The summed E-state index contributed by atoms with van der Waals surface area (Å²) in [6.07, 6.45) is 1.50. The molecule has 2 aliphatic heterocycles. The predicted octanol–water partition coefficient (Wildman–Crippen LogP) is 2.70. The summed E-state index contributed by atoms with van der Waals surface area (Å²) < 4.78 is 27.8. The molecule has 6 rings (SSSR count). The van der Waals surface area contributed by atoms with Crippen LogP contribution in [-0.2, 0) is 45.0 Å². The molecular formula is C27H27FN2O6. The number of carbonyl (C=O) groups is 1. The number of aromatic nitrogens is 2. The van der Waals surface area contributed by atoms with Crippen molar-refractivity contribution in [2.75, 3.05) is 13.7 Å². The first-order valence-corrected chi connectivity index (χ1v) is 12.2. The van der Waals surface area contributed by atoms with Crippen molar-refractivity contribution < 1.29 is 28.9 Å². The van der Waals surface area contributed by atoms with Crippen LogP contribution < -0.4 is 5.56 Å². The summed E-state index contributed by atoms with van der Waals surface area (Å²) in [6, 6.07) is 3.05. The lowest BCUT2D eigenvalue weighted by atomic mass is 9.73. The summed E-state index contributed by atoms with van der Waals surface area (Å²) in [7, 11) is 1.60. The van der Waals surface area contributed by atoms with Crippen molar-refractivity contribution in [3.8, 4) is 11.4 Å². The second-order valence-corrected chi connectivity index (χ2v) is 9.95. The van der Waals surface area contributed by atoms with E-state index < -0.39 is 17.2 Å². The number of hydrogen-bond acceptors (Lipinski definition) is 7. The molecule has 9 heteroatoms. The van der Waals surface area contributed by atoms with E-state index in [4.69, 9.17) is 14.5 Å². The number of carbonyl (C=O) groups excluding carboxylic acids is 1. The fraction of sp³-hybridized carbons (Fsp3) is 0.444. The van der Waals surface area contributed by atoms with Crippen LogP contribution in [0, 0.1) is 12.7 Å². The predicted molar refractivity (Wildman–Crippen MR) is 128 cm³/mol. The monoisotopic (exact) mass is 494 g/mol. The second-order valence-electron chi connectivity index (χ2n) is 9.95. The first kappa shape index (κ1) is 23.3. The van der Waals surface area contributed by atoms with Crippen LogP contribution in [0.15, 0.2) is 16.9 Å². The first-order chi connectivity index (χ1) is 17.2. The summed E-state index contributed by atoms with van der Waals surface area (Å²) in [5.74, 6) is -1.14. The van der Waals surface area contributed by atoms with Crippen molar-refractivity contribution in [3.63, 3.8) is 0 Å². The minimum Gasteiger partial charge on any atom is -0.458 e. The van der Waals surface area contributed by atoms with Crippen LogP contribution in [0.4, 0.5) is 4.39 Å². The Bertz CT molecular complexity index is 1550. The van der Waals surface area contributed by atoms with Gasteiger partial charge >= 0.3 is 5.97 Å². The Balaban J connectivity index is 1.72. The zero-order chi connectivity index (χ0) is 25.6. The number of pyridine rings is 2. The summed E-state index contributed by atoms with van der Waals surface area (Å²) in [5, 5.41) is 21.9. The van der Waals surface area contributed by atoms with E-state index in [9.17, 15) is 24.2 Å². The molecule has 0 saturated heterocycles. The number of esters is 1. The third-order valence-corrected chi connectivity index (χ3v) is 8.44. The standard InChI is InChI=1S/C27H27FN2O6/c1-4-27(34)17-9-20-23-15(11-30(20)24(32)16(17)12-36-25(27)33)22-21-14(5-6-26(22,35-3)7-8-31)13(2)18(28)10-19(21)29-23/h9-10,31,34H,4-8,11-12H2,1-3H3/t26-,27-/m0/s1. The van der Waals surface area contributed by atoms with Crippen molar-refractivity contribution >= 4 is 16.9 Å². The van der Waals surface area contributed by atoms with Crippen LogP contribution in [0.1, 0.15) is 59.6 Å². The van der Waals surface area contributed by atoms with Gasteiger partial charge in [-0.2, -0.15) is 0 Å². The van der Waals surface area contributed by atoms with Crippen molar-refractivity contribution in [2.24, 2.45) is 0 Å². The molecule has 4 heterocycles. The summed E-state index contributed by atoms with van der Waals surface area (Å²) in [5.41, 5.74) is 1.76. The Hall–Kier alpha value is -3.14. The minimum atomic E-state index is -1.93. The van der Waals surface area contributed by atoms with E-state index in [0.717, 1.165) is 22.1 Å². The molecule has 8 nitrogen and oxygen atoms in total. The Morgan fingerprint density at radius 1 is 1.25 bits per heavy atom. The molecule has 3 aromatic rings. The Labute approximate surface area is 206 Å². The number of nitrogens with zero attached hydrogens (tertiary/aromatic N) is 2. The molecule has 3 aliphatic rings. The van der Waals surface area contributed by atoms with Crippen LogP contribution in [-0.4, -0.2) is 39.5 Å². The van der Waals surface area contributed by atoms with Gasteiger partial charge in [0.15, 0.2) is 5.60 Å². The summed E-state index contributed by atoms with van der Waals surface area (Å²) in [6.45, 7) is 3.30. The molecule has 0 spiro atoms. The maximum Gasteiger partial charge on any atom is 0.343 e. The van der Waals surface area contributed by atoms with Gasteiger partial charge in [-0.3, -0.25) is 4.79 Å². The van der Waals surface area contributed by atoms with Gasteiger partial charge in [0, 0.05) is 48.3 Å². The number of aliphatic hydroxyl groups is 2. The van der Waals surface area contributed by atoms with E-state index in [2.05, 4.69) is 0 Å². The Morgan fingerprint density at radius 2 is 2.03 bits per heavy atom. The van der Waals surface area contributed by atoms with Crippen molar-refractivity contribution in [2.45, 2.75) is 63.9 Å². The molecule has 2 aromatic heterocycles. The molecule has 2 N–H and O–H groups in total. The van der Waals surface area contributed by atoms with Crippen LogP contribution in [0.25, 0.3) is 22.3 Å². The van der Waals surface area contributed by atoms with Crippen LogP contribution in [0.3, 0.4) is 0 Å². The molecule has 0 fully saturated rings. The van der Waals surface area contributed by atoms with Gasteiger partial charge < -0.3 is 24.3 Å². The molecule has 1 aliphatic carbocycles. The van der Waals surface area contributed by atoms with E-state index in [1.807, 2.05) is 0 Å². The Morgan fingerprint density at radius 3 is 2.72 bits per heavy atom. The zero-order valence-electron chi connectivity index (χ0n) is 20.4. The van der Waals surface area contributed by atoms with Gasteiger partial charge in [0.05, 0.1) is 34.6 Å². The molecule has 188 valence electrons. The van der Waals surface area contributed by atoms with Gasteiger partial charge in [-0.1, -0.05) is 6.92 Å². The zero-order valence-corrected chi connectivity index (χ0v) is 20.4. The fourth-order valence-electron chi connectivity index (χ4n) is 6.39. The van der Waals surface area contributed by atoms with Gasteiger partial charge in [0.25, 0.3) is 5.56 Å². The number of rotatable bonds is 4. The Kier molecular flexibility index (Phi) is 4.96. The SMILES string of the molecule is CC[C@@]1(O)C(=O)OCc2c1cc1n(c2=O)Cc2c-1nc1cc(F)c(C)c3c1c2[C@](CCO)(OC)CC3. The normalized spacial score (nSPS) is 23.9. The lowest BCUT2D eigenvalue weighted by Gasteiger charge is -2.39. The van der Waals surface area contributed by atoms with E-state index in [-0.39, 0.29) is 48.7 Å². The highest BCUT2D eigenvalue weighted by Crippen LogP contribution is 2.50. The van der Waals surface area contributed by atoms with Gasteiger partial charge in [-0.25, -0.2) is 14.2 Å². The van der Waals surface area contributed by atoms with E-state index in [0.29, 0.717) is 41.7 Å². The maximum atomic E-state index is 15.0. The van der Waals surface area contributed by atoms with Gasteiger partial charge in [-0.15, -0.1) is 0 Å². The molecule has 0 radical (unpaired) electrons. The van der Waals surface area contributed by atoms with Crippen molar-refractivity contribution in [3.05, 3.63) is 61.7 Å². The summed E-state index contributed by atoms with van der Waals surface area (Å²) >= 11 is 0. The summed E-state index contributed by atoms with van der Waals surface area (Å²) in [4.78, 5) is 30.9. The number of aryl methyl sites for hydroxylation is 1. The minimum absolute atomic E-state index is 0.0438. The van der Waals surface area contributed by atoms with Crippen LogP contribution in [0.5, 0.6) is 0 Å². The number of hydrogen-bond donors (Lipinski definition) is 2. The number of fused-ring (bicyclic) bond motifs is 5. The number of methoxy groups -OCH3 is 1. The van der Waals surface area contributed by atoms with Crippen LogP contribution in [0.2, 0.25) is 0 Å². The first-order valence-electron chi connectivity index (χ1n) is 12.2. The fourth-order valence-corrected chi connectivity index (χ4v) is 6.39. The van der Waals surface area contributed by atoms with Gasteiger partial charge in [-0.05, 0) is 43.4 Å².